The molecule has 1 aliphatic carbocycles. The fourth-order valence-corrected chi connectivity index (χ4v) is 2.75. The van der Waals surface area contributed by atoms with Crippen LogP contribution in [0.25, 0.3) is 0 Å². The highest BCUT2D eigenvalue weighted by atomic mass is 16.5. The van der Waals surface area contributed by atoms with Crippen LogP contribution in [0, 0.1) is 0 Å². The van der Waals surface area contributed by atoms with E-state index in [0.29, 0.717) is 12.2 Å². The first-order chi connectivity index (χ1) is 8.72. The lowest BCUT2D eigenvalue weighted by Gasteiger charge is -2.26. The second-order valence-corrected chi connectivity index (χ2v) is 4.96. The van der Waals surface area contributed by atoms with Crippen molar-refractivity contribution >= 4 is 5.78 Å². The van der Waals surface area contributed by atoms with E-state index in [1.807, 2.05) is 17.8 Å². The smallest absolute Gasteiger partial charge is 0.197 e. The SMILES string of the molecule is CCCn1cc(C(=O)C2(OCC)CCCC2)cn1. The van der Waals surface area contributed by atoms with E-state index in [2.05, 4.69) is 12.0 Å². The summed E-state index contributed by atoms with van der Waals surface area (Å²) in [5.41, 5.74) is 0.119. The third-order valence-corrected chi connectivity index (χ3v) is 3.59. The predicted octanol–water partition coefficient (Wildman–Crippen LogP) is 2.83. The average molecular weight is 250 g/mol. The summed E-state index contributed by atoms with van der Waals surface area (Å²) >= 11 is 0. The number of aryl methyl sites for hydroxylation is 1. The third-order valence-electron chi connectivity index (χ3n) is 3.59. The van der Waals surface area contributed by atoms with Gasteiger partial charge in [-0.1, -0.05) is 6.92 Å². The van der Waals surface area contributed by atoms with Crippen molar-refractivity contribution in [3.05, 3.63) is 18.0 Å². The molecule has 18 heavy (non-hydrogen) atoms. The zero-order valence-corrected chi connectivity index (χ0v) is 11.3. The number of ether oxygens (including phenoxy) is 1. The van der Waals surface area contributed by atoms with Crippen molar-refractivity contribution in [2.75, 3.05) is 6.61 Å². The lowest BCUT2D eigenvalue weighted by atomic mass is 9.92. The molecule has 0 aliphatic heterocycles. The Labute approximate surface area is 108 Å². The molecule has 2 rings (SSSR count). The molecule has 4 nitrogen and oxygen atoms in total. The van der Waals surface area contributed by atoms with Crippen molar-refractivity contribution in [2.24, 2.45) is 0 Å². The Balaban J connectivity index is 2.17. The van der Waals surface area contributed by atoms with Crippen LogP contribution in [0.1, 0.15) is 56.3 Å². The molecule has 0 spiro atoms. The van der Waals surface area contributed by atoms with Gasteiger partial charge in [0, 0.05) is 19.3 Å². The summed E-state index contributed by atoms with van der Waals surface area (Å²) < 4.78 is 7.62. The Kier molecular flexibility index (Phi) is 4.17. The van der Waals surface area contributed by atoms with Crippen molar-refractivity contribution in [1.82, 2.24) is 9.78 Å². The number of hydrogen-bond donors (Lipinski definition) is 0. The molecule has 0 atom stereocenters. The van der Waals surface area contributed by atoms with E-state index in [4.69, 9.17) is 4.74 Å². The van der Waals surface area contributed by atoms with Crippen LogP contribution < -0.4 is 0 Å². The first kappa shape index (κ1) is 13.3. The lowest BCUT2D eigenvalue weighted by Crippen LogP contribution is -2.38. The van der Waals surface area contributed by atoms with Crippen LogP contribution in [0.3, 0.4) is 0 Å². The van der Waals surface area contributed by atoms with E-state index in [0.717, 1.165) is 38.6 Å². The van der Waals surface area contributed by atoms with Gasteiger partial charge >= 0.3 is 0 Å². The molecular formula is C14H22N2O2. The Hall–Kier alpha value is -1.16. The summed E-state index contributed by atoms with van der Waals surface area (Å²) in [6.07, 6.45) is 8.40. The maximum Gasteiger partial charge on any atom is 0.197 e. The fourth-order valence-electron chi connectivity index (χ4n) is 2.75. The van der Waals surface area contributed by atoms with Crippen LogP contribution in [-0.4, -0.2) is 27.8 Å². The van der Waals surface area contributed by atoms with Gasteiger partial charge in [0.2, 0.25) is 0 Å². The van der Waals surface area contributed by atoms with Crippen molar-refractivity contribution in [3.8, 4) is 0 Å². The number of ketones is 1. The Morgan fingerprint density at radius 1 is 1.44 bits per heavy atom. The standard InChI is InChI=1S/C14H22N2O2/c1-3-9-16-11-12(10-15-16)13(17)14(18-4-2)7-5-6-8-14/h10-11H,3-9H2,1-2H3. The molecule has 0 bridgehead atoms. The second-order valence-electron chi connectivity index (χ2n) is 4.96. The minimum Gasteiger partial charge on any atom is -0.367 e. The summed E-state index contributed by atoms with van der Waals surface area (Å²) in [7, 11) is 0. The van der Waals surface area contributed by atoms with Crippen LogP contribution in [-0.2, 0) is 11.3 Å². The van der Waals surface area contributed by atoms with Crippen LogP contribution >= 0.6 is 0 Å². The molecule has 1 aromatic rings. The number of aromatic nitrogens is 2. The molecule has 1 aromatic heterocycles. The normalized spacial score (nSPS) is 18.1. The predicted molar refractivity (Wildman–Crippen MR) is 69.7 cm³/mol. The van der Waals surface area contributed by atoms with E-state index in [9.17, 15) is 4.79 Å². The average Bonchev–Trinajstić information content (AvgIpc) is 2.99. The van der Waals surface area contributed by atoms with Gasteiger partial charge < -0.3 is 4.74 Å². The van der Waals surface area contributed by atoms with Gasteiger partial charge in [0.05, 0.1) is 11.8 Å². The number of carbonyl (C=O) groups excluding carboxylic acids is 1. The Morgan fingerprint density at radius 2 is 2.17 bits per heavy atom. The van der Waals surface area contributed by atoms with E-state index in [-0.39, 0.29) is 5.78 Å². The summed E-state index contributed by atoms with van der Waals surface area (Å²) in [5.74, 6) is 0.115. The molecule has 0 radical (unpaired) electrons. The zero-order chi connectivity index (χ0) is 13.0. The van der Waals surface area contributed by atoms with E-state index in [1.54, 1.807) is 6.20 Å². The van der Waals surface area contributed by atoms with Crippen molar-refractivity contribution in [2.45, 2.75) is 58.1 Å². The number of rotatable bonds is 6. The molecule has 0 amide bonds. The molecular weight excluding hydrogens is 228 g/mol. The van der Waals surface area contributed by atoms with Crippen molar-refractivity contribution in [1.29, 1.82) is 0 Å². The fraction of sp³-hybridized carbons (Fsp3) is 0.714. The van der Waals surface area contributed by atoms with Crippen LogP contribution in [0.15, 0.2) is 12.4 Å². The quantitative estimate of drug-likeness (QED) is 0.729. The number of hydrogen-bond acceptors (Lipinski definition) is 3. The molecule has 1 saturated carbocycles. The third kappa shape index (κ3) is 2.48. The molecule has 1 aliphatic rings. The van der Waals surface area contributed by atoms with Gasteiger partial charge in [-0.2, -0.15) is 5.10 Å². The first-order valence-electron chi connectivity index (χ1n) is 6.93. The molecule has 0 N–H and O–H groups in total. The van der Waals surface area contributed by atoms with E-state index < -0.39 is 5.60 Å². The summed E-state index contributed by atoms with van der Waals surface area (Å²) in [6.45, 7) is 5.50. The van der Waals surface area contributed by atoms with Gasteiger partial charge in [0.25, 0.3) is 0 Å². The molecule has 1 heterocycles. The molecule has 0 unspecified atom stereocenters. The minimum absolute atomic E-state index is 0.115. The van der Waals surface area contributed by atoms with Gasteiger partial charge in [-0.05, 0) is 39.0 Å². The molecule has 4 heteroatoms. The zero-order valence-electron chi connectivity index (χ0n) is 11.3. The summed E-state index contributed by atoms with van der Waals surface area (Å²) in [6, 6.07) is 0. The van der Waals surface area contributed by atoms with Crippen LogP contribution in [0.2, 0.25) is 0 Å². The van der Waals surface area contributed by atoms with E-state index >= 15 is 0 Å². The topological polar surface area (TPSA) is 44.1 Å². The first-order valence-corrected chi connectivity index (χ1v) is 6.93. The maximum atomic E-state index is 12.6. The minimum atomic E-state index is -0.575. The van der Waals surface area contributed by atoms with Gasteiger partial charge in [0.15, 0.2) is 5.78 Å². The van der Waals surface area contributed by atoms with E-state index in [1.165, 1.54) is 0 Å². The highest BCUT2D eigenvalue weighted by Gasteiger charge is 2.42. The maximum absolute atomic E-state index is 12.6. The van der Waals surface area contributed by atoms with Gasteiger partial charge in [-0.15, -0.1) is 0 Å². The van der Waals surface area contributed by atoms with Crippen molar-refractivity contribution in [3.63, 3.8) is 0 Å². The summed E-state index contributed by atoms with van der Waals surface area (Å²) in [4.78, 5) is 12.6. The van der Waals surface area contributed by atoms with Gasteiger partial charge in [-0.25, -0.2) is 0 Å². The van der Waals surface area contributed by atoms with Crippen LogP contribution in [0.5, 0.6) is 0 Å². The van der Waals surface area contributed by atoms with Gasteiger partial charge in [-0.3, -0.25) is 9.48 Å². The largest absolute Gasteiger partial charge is 0.367 e. The number of carbonyl (C=O) groups is 1. The molecule has 0 saturated heterocycles. The van der Waals surface area contributed by atoms with Crippen molar-refractivity contribution < 1.29 is 9.53 Å². The highest BCUT2D eigenvalue weighted by molar-refractivity contribution is 6.02. The second kappa shape index (κ2) is 5.65. The Morgan fingerprint density at radius 3 is 2.78 bits per heavy atom. The molecule has 1 fully saturated rings. The lowest BCUT2D eigenvalue weighted by molar-refractivity contribution is -0.0163. The number of Topliss-reactive ketones (excluding diaryl/α,β-unsaturated/α-hetero) is 1. The highest BCUT2D eigenvalue weighted by Crippen LogP contribution is 2.36. The molecule has 0 aromatic carbocycles. The summed E-state index contributed by atoms with van der Waals surface area (Å²) in [5, 5.41) is 4.23. The monoisotopic (exact) mass is 250 g/mol. The van der Waals surface area contributed by atoms with Gasteiger partial charge in [0.1, 0.15) is 5.60 Å². The van der Waals surface area contributed by atoms with Crippen LogP contribution in [0.4, 0.5) is 0 Å². The Bertz CT molecular complexity index is 406. The molecule has 100 valence electrons. The number of nitrogens with zero attached hydrogens (tertiary/aromatic N) is 2.